The Balaban J connectivity index is 1.23. The molecule has 8 nitrogen and oxygen atoms in total. The van der Waals surface area contributed by atoms with Crippen LogP contribution in [0.2, 0.25) is 0 Å². The number of benzene rings is 2. The number of imidazole rings is 1. The van der Waals surface area contributed by atoms with Gasteiger partial charge in [0.2, 0.25) is 15.9 Å². The van der Waals surface area contributed by atoms with Crippen LogP contribution in [0.3, 0.4) is 0 Å². The fourth-order valence-corrected chi connectivity index (χ4v) is 4.17. The van der Waals surface area contributed by atoms with Gasteiger partial charge in [0.1, 0.15) is 5.82 Å². The van der Waals surface area contributed by atoms with E-state index < -0.39 is 10.0 Å². The lowest BCUT2D eigenvalue weighted by molar-refractivity contribution is -0.127. The van der Waals surface area contributed by atoms with Crippen molar-refractivity contribution in [3.8, 4) is 0 Å². The minimum absolute atomic E-state index is 0.0146. The topological polar surface area (TPSA) is 121 Å². The maximum Gasteiger partial charge on any atom is 0.238 e. The number of sulfonamides is 1. The molecule has 4 rings (SSSR count). The van der Waals surface area contributed by atoms with Crippen molar-refractivity contribution in [1.82, 2.24) is 20.2 Å². The van der Waals surface area contributed by atoms with Crippen LogP contribution in [0, 0.1) is 0 Å². The summed E-state index contributed by atoms with van der Waals surface area (Å²) in [4.78, 5) is 22.7. The highest BCUT2D eigenvalue weighted by atomic mass is 32.2. The highest BCUT2D eigenvalue weighted by Crippen LogP contribution is 2.28. The molecule has 1 atom stereocenters. The first-order chi connectivity index (χ1) is 14.3. The minimum Gasteiger partial charge on any atom is -0.354 e. The molecular formula is C21H25N5O3S. The number of amides is 1. The van der Waals surface area contributed by atoms with Crippen molar-refractivity contribution in [3.05, 3.63) is 59.9 Å². The number of likely N-dealkylation sites (tertiary alicyclic amines) is 1. The van der Waals surface area contributed by atoms with E-state index in [4.69, 9.17) is 5.14 Å². The summed E-state index contributed by atoms with van der Waals surface area (Å²) in [5.41, 5.74) is 2.94. The lowest BCUT2D eigenvalue weighted by Gasteiger charge is -2.41. The fraction of sp³-hybridized carbons (Fsp3) is 0.333. The number of carbonyl (C=O) groups excluding carboxylic acids is 1. The Morgan fingerprint density at radius 3 is 2.60 bits per heavy atom. The summed E-state index contributed by atoms with van der Waals surface area (Å²) in [6, 6.07) is 14.1. The number of nitrogens with one attached hydrogen (secondary N) is 2. The van der Waals surface area contributed by atoms with Crippen molar-refractivity contribution in [2.45, 2.75) is 30.2 Å². The number of rotatable bonds is 7. The van der Waals surface area contributed by atoms with Gasteiger partial charge in [0.25, 0.3) is 0 Å². The Bertz CT molecular complexity index is 1120. The van der Waals surface area contributed by atoms with Gasteiger partial charge in [0, 0.05) is 25.6 Å². The van der Waals surface area contributed by atoms with Crippen molar-refractivity contribution in [1.29, 1.82) is 0 Å². The number of carbonyl (C=O) groups is 1. The average Bonchev–Trinajstić information content (AvgIpc) is 3.10. The minimum atomic E-state index is -3.69. The van der Waals surface area contributed by atoms with Gasteiger partial charge >= 0.3 is 0 Å². The molecule has 1 amide bonds. The first-order valence-electron chi connectivity index (χ1n) is 9.89. The molecule has 0 bridgehead atoms. The normalized spacial score (nSPS) is 16.3. The largest absolute Gasteiger partial charge is 0.354 e. The fourth-order valence-electron chi connectivity index (χ4n) is 3.66. The van der Waals surface area contributed by atoms with Crippen LogP contribution in [0.1, 0.15) is 24.2 Å². The van der Waals surface area contributed by atoms with Gasteiger partial charge in [-0.25, -0.2) is 18.5 Å². The Hall–Kier alpha value is -2.75. The molecule has 0 radical (unpaired) electrons. The molecule has 1 unspecified atom stereocenters. The van der Waals surface area contributed by atoms with E-state index >= 15 is 0 Å². The van der Waals surface area contributed by atoms with E-state index in [1.165, 1.54) is 12.1 Å². The highest BCUT2D eigenvalue weighted by Gasteiger charge is 2.35. The summed E-state index contributed by atoms with van der Waals surface area (Å²) in [5.74, 6) is 1.27. The summed E-state index contributed by atoms with van der Waals surface area (Å²) in [6.07, 6.45) is 0.616. The number of nitrogens with two attached hydrogens (primary N) is 1. The van der Waals surface area contributed by atoms with Gasteiger partial charge in [-0.3, -0.25) is 9.69 Å². The summed E-state index contributed by atoms with van der Waals surface area (Å²) >= 11 is 0. The number of hydrogen-bond acceptors (Lipinski definition) is 5. The van der Waals surface area contributed by atoms with Crippen molar-refractivity contribution >= 4 is 27.0 Å². The average molecular weight is 428 g/mol. The number of hydrogen-bond donors (Lipinski definition) is 3. The van der Waals surface area contributed by atoms with Crippen LogP contribution in [0.15, 0.2) is 53.4 Å². The predicted molar refractivity (Wildman–Crippen MR) is 114 cm³/mol. The van der Waals surface area contributed by atoms with Crippen LogP contribution in [-0.2, 0) is 21.2 Å². The smallest absolute Gasteiger partial charge is 0.238 e. The second kappa shape index (κ2) is 8.17. The van der Waals surface area contributed by atoms with E-state index in [1.807, 2.05) is 31.2 Å². The van der Waals surface area contributed by atoms with Gasteiger partial charge in [-0.1, -0.05) is 24.3 Å². The Morgan fingerprint density at radius 1 is 1.23 bits per heavy atom. The molecule has 2 aromatic carbocycles. The molecule has 1 saturated heterocycles. The zero-order valence-electron chi connectivity index (χ0n) is 16.7. The quantitative estimate of drug-likeness (QED) is 0.526. The lowest BCUT2D eigenvalue weighted by Crippen LogP contribution is -2.55. The standard InChI is InChI=1S/C21H25N5O3S/c1-14(21(27)23-11-10-15-6-8-17(9-7-15)30(22,28)29)26-12-16(13-26)20-24-18-4-2-3-5-19(18)25-20/h2-9,14,16H,10-13H2,1H3,(H,23,27)(H,24,25)(H2,22,28,29). The molecule has 1 aliphatic rings. The summed E-state index contributed by atoms with van der Waals surface area (Å²) in [7, 11) is -3.69. The number of H-pyrrole nitrogens is 1. The Kier molecular flexibility index (Phi) is 5.59. The molecule has 0 spiro atoms. The Morgan fingerprint density at radius 2 is 1.93 bits per heavy atom. The maximum absolute atomic E-state index is 12.5. The molecular weight excluding hydrogens is 402 g/mol. The predicted octanol–water partition coefficient (Wildman–Crippen LogP) is 1.36. The van der Waals surface area contributed by atoms with Gasteiger partial charge in [-0.2, -0.15) is 0 Å². The van der Waals surface area contributed by atoms with Crippen molar-refractivity contribution in [2.75, 3.05) is 19.6 Å². The van der Waals surface area contributed by atoms with Gasteiger partial charge in [-0.15, -0.1) is 0 Å². The van der Waals surface area contributed by atoms with Crippen LogP contribution in [0.4, 0.5) is 0 Å². The first kappa shape index (κ1) is 20.5. The third-order valence-electron chi connectivity index (χ3n) is 5.60. The van der Waals surface area contributed by atoms with Gasteiger partial charge in [0.15, 0.2) is 0 Å². The molecule has 9 heteroatoms. The van der Waals surface area contributed by atoms with Crippen LogP contribution < -0.4 is 10.5 Å². The number of para-hydroxylation sites is 2. The van der Waals surface area contributed by atoms with Crippen molar-refractivity contribution < 1.29 is 13.2 Å². The molecule has 0 aliphatic carbocycles. The van der Waals surface area contributed by atoms with Crippen LogP contribution in [0.5, 0.6) is 0 Å². The van der Waals surface area contributed by atoms with Crippen LogP contribution >= 0.6 is 0 Å². The summed E-state index contributed by atoms with van der Waals surface area (Å²) in [5, 5.41) is 8.05. The number of aromatic amines is 1. The van der Waals surface area contributed by atoms with E-state index in [2.05, 4.69) is 20.2 Å². The van der Waals surface area contributed by atoms with Gasteiger partial charge in [0.05, 0.1) is 22.0 Å². The number of primary sulfonamides is 1. The highest BCUT2D eigenvalue weighted by molar-refractivity contribution is 7.89. The van der Waals surface area contributed by atoms with Crippen molar-refractivity contribution in [2.24, 2.45) is 5.14 Å². The molecule has 4 N–H and O–H groups in total. The second-order valence-corrected chi connectivity index (χ2v) is 9.26. The van der Waals surface area contributed by atoms with Crippen molar-refractivity contribution in [3.63, 3.8) is 0 Å². The maximum atomic E-state index is 12.5. The number of nitrogens with zero attached hydrogens (tertiary/aromatic N) is 2. The van der Waals surface area contributed by atoms with Crippen LogP contribution in [0.25, 0.3) is 11.0 Å². The third kappa shape index (κ3) is 4.38. The molecule has 158 valence electrons. The number of aromatic nitrogens is 2. The van der Waals surface area contributed by atoms with Gasteiger partial charge < -0.3 is 10.3 Å². The van der Waals surface area contributed by atoms with Crippen LogP contribution in [-0.4, -0.2) is 54.9 Å². The molecule has 0 saturated carbocycles. The molecule has 1 aromatic heterocycles. The van der Waals surface area contributed by atoms with E-state index in [1.54, 1.807) is 12.1 Å². The van der Waals surface area contributed by atoms with Gasteiger partial charge in [-0.05, 0) is 43.2 Å². The molecule has 1 fully saturated rings. The molecule has 3 aromatic rings. The number of fused-ring (bicyclic) bond motifs is 1. The van der Waals surface area contributed by atoms with E-state index in [0.717, 1.165) is 35.5 Å². The monoisotopic (exact) mass is 427 g/mol. The molecule has 2 heterocycles. The van der Waals surface area contributed by atoms with E-state index in [-0.39, 0.29) is 16.8 Å². The third-order valence-corrected chi connectivity index (χ3v) is 6.53. The first-order valence-corrected chi connectivity index (χ1v) is 11.4. The zero-order valence-corrected chi connectivity index (χ0v) is 17.5. The molecule has 30 heavy (non-hydrogen) atoms. The summed E-state index contributed by atoms with van der Waals surface area (Å²) in [6.45, 7) is 3.98. The molecule has 1 aliphatic heterocycles. The van der Waals surface area contributed by atoms with E-state index in [9.17, 15) is 13.2 Å². The zero-order chi connectivity index (χ0) is 21.3. The summed E-state index contributed by atoms with van der Waals surface area (Å²) < 4.78 is 22.6. The lowest BCUT2D eigenvalue weighted by atomic mass is 9.97. The second-order valence-electron chi connectivity index (χ2n) is 7.70. The Labute approximate surface area is 175 Å². The SMILES string of the molecule is CC(C(=O)NCCc1ccc(S(N)(=O)=O)cc1)N1CC(c2nc3ccccc3[nH]2)C1. The van der Waals surface area contributed by atoms with E-state index in [0.29, 0.717) is 18.9 Å².